The molecule has 2 rings (SSSR count). The van der Waals surface area contributed by atoms with Crippen molar-refractivity contribution < 1.29 is 37.0 Å². The number of carbonyl (C=O) groups excluding carboxylic acids is 2. The molecule has 1 aliphatic rings. The largest absolute Gasteiger partial charge is 0.490 e. The van der Waals surface area contributed by atoms with Crippen LogP contribution in [0.2, 0.25) is 10.0 Å². The summed E-state index contributed by atoms with van der Waals surface area (Å²) in [7, 11) is -3.89. The minimum Gasteiger partial charge on any atom is -0.490 e. The van der Waals surface area contributed by atoms with Gasteiger partial charge in [-0.1, -0.05) is 35.4 Å². The van der Waals surface area contributed by atoms with Crippen LogP contribution in [0.1, 0.15) is 26.7 Å². The molecule has 1 aliphatic carbocycles. The first-order chi connectivity index (χ1) is 16.0. The number of hydrogen-bond donors (Lipinski definition) is 0. The molecule has 12 heteroatoms. The van der Waals surface area contributed by atoms with E-state index in [2.05, 4.69) is 0 Å². The molecule has 0 amide bonds. The minimum atomic E-state index is -3.89. The summed E-state index contributed by atoms with van der Waals surface area (Å²) < 4.78 is 47.2. The molecular weight excluding hydrogens is 531 g/mol. The molecule has 0 saturated carbocycles. The Kier molecular flexibility index (Phi) is 11.2. The van der Waals surface area contributed by atoms with E-state index in [1.54, 1.807) is 6.08 Å². The third-order valence-corrected chi connectivity index (χ3v) is 7.05. The van der Waals surface area contributed by atoms with E-state index in [1.807, 2.05) is 0 Å². The first kappa shape index (κ1) is 28.5. The fourth-order valence-electron chi connectivity index (χ4n) is 2.89. The van der Waals surface area contributed by atoms with Gasteiger partial charge >= 0.3 is 11.9 Å². The molecule has 0 heterocycles. The van der Waals surface area contributed by atoms with Crippen molar-refractivity contribution in [3.63, 3.8) is 0 Å². The zero-order valence-corrected chi connectivity index (χ0v) is 21.7. The summed E-state index contributed by atoms with van der Waals surface area (Å²) >= 11 is 18.0. The maximum atomic E-state index is 13.1. The Balaban J connectivity index is 2.04. The van der Waals surface area contributed by atoms with Gasteiger partial charge in [0, 0.05) is 19.7 Å². The van der Waals surface area contributed by atoms with Gasteiger partial charge in [-0.3, -0.25) is 9.59 Å². The van der Waals surface area contributed by atoms with Gasteiger partial charge in [-0.05, 0) is 31.1 Å². The molecule has 1 aromatic rings. The number of halogens is 3. The zero-order valence-electron chi connectivity index (χ0n) is 18.6. The van der Waals surface area contributed by atoms with Crippen LogP contribution in [-0.4, -0.2) is 58.3 Å². The Morgan fingerprint density at radius 3 is 2.32 bits per heavy atom. The van der Waals surface area contributed by atoms with E-state index in [0.29, 0.717) is 18.9 Å². The molecule has 0 aliphatic heterocycles. The molecule has 34 heavy (non-hydrogen) atoms. The molecule has 188 valence electrons. The van der Waals surface area contributed by atoms with Gasteiger partial charge in [0.25, 0.3) is 0 Å². The standard InChI is InChI=1S/C22H25Cl3O8S/c1-14(26)31-12-17(33-15(2)27)13-32-16-4-6-18(7-5-16)34(28,29)19-10-20(24)22(21(25)11-19)30-9-3-8-23/h4,6-7,10-11,16-17H,3,5,8-9,12-13H2,1-2H3/t16?,17-/m0/s1. The third-order valence-electron chi connectivity index (χ3n) is 4.44. The van der Waals surface area contributed by atoms with Crippen molar-refractivity contribution >= 4 is 56.6 Å². The van der Waals surface area contributed by atoms with Crippen LogP contribution in [-0.2, 0) is 33.6 Å². The lowest BCUT2D eigenvalue weighted by Crippen LogP contribution is -2.30. The number of esters is 2. The van der Waals surface area contributed by atoms with Crippen molar-refractivity contribution in [3.8, 4) is 5.75 Å². The van der Waals surface area contributed by atoms with Gasteiger partial charge in [0.1, 0.15) is 6.61 Å². The number of carbonyl (C=O) groups is 2. The maximum Gasteiger partial charge on any atom is 0.303 e. The van der Waals surface area contributed by atoms with Crippen molar-refractivity contribution in [2.75, 3.05) is 25.7 Å². The highest BCUT2D eigenvalue weighted by atomic mass is 35.5. The quantitative estimate of drug-likeness (QED) is 0.211. The summed E-state index contributed by atoms with van der Waals surface area (Å²) in [5.41, 5.74) is 0. The number of alkyl halides is 1. The van der Waals surface area contributed by atoms with Crippen molar-refractivity contribution in [2.24, 2.45) is 0 Å². The van der Waals surface area contributed by atoms with E-state index >= 15 is 0 Å². The molecule has 0 N–H and O–H groups in total. The predicted molar refractivity (Wildman–Crippen MR) is 128 cm³/mol. The molecule has 0 fully saturated rings. The SMILES string of the molecule is CC(=O)OC[C@@H](COC1C=CC(S(=O)(=O)c2cc(Cl)c(OCCCCl)c(Cl)c2)=CC1)OC(C)=O. The average molecular weight is 556 g/mol. The molecule has 0 bridgehead atoms. The van der Waals surface area contributed by atoms with Crippen LogP contribution in [0.15, 0.2) is 40.2 Å². The van der Waals surface area contributed by atoms with Crippen molar-refractivity contribution in [1.82, 2.24) is 0 Å². The van der Waals surface area contributed by atoms with Gasteiger partial charge in [-0.2, -0.15) is 0 Å². The normalized spacial score (nSPS) is 16.5. The van der Waals surface area contributed by atoms with E-state index in [-0.39, 0.29) is 45.2 Å². The van der Waals surface area contributed by atoms with Gasteiger partial charge in [0.2, 0.25) is 9.84 Å². The Morgan fingerprint density at radius 1 is 1.12 bits per heavy atom. The molecule has 8 nitrogen and oxygen atoms in total. The summed E-state index contributed by atoms with van der Waals surface area (Å²) in [4.78, 5) is 22.2. The lowest BCUT2D eigenvalue weighted by atomic mass is 10.1. The van der Waals surface area contributed by atoms with Crippen LogP contribution < -0.4 is 4.74 Å². The van der Waals surface area contributed by atoms with Crippen LogP contribution in [0.4, 0.5) is 0 Å². The Morgan fingerprint density at radius 2 is 1.79 bits per heavy atom. The first-order valence-electron chi connectivity index (χ1n) is 10.3. The fourth-order valence-corrected chi connectivity index (χ4v) is 5.12. The smallest absolute Gasteiger partial charge is 0.303 e. The summed E-state index contributed by atoms with van der Waals surface area (Å²) in [6.45, 7) is 2.59. The Labute approximate surface area is 213 Å². The lowest BCUT2D eigenvalue weighted by Gasteiger charge is -2.21. The van der Waals surface area contributed by atoms with Crippen molar-refractivity contribution in [3.05, 3.63) is 45.3 Å². The third kappa shape index (κ3) is 8.46. The van der Waals surface area contributed by atoms with Gasteiger partial charge in [0.15, 0.2) is 11.9 Å². The van der Waals surface area contributed by atoms with E-state index in [9.17, 15) is 18.0 Å². The van der Waals surface area contributed by atoms with Crippen LogP contribution in [0.25, 0.3) is 0 Å². The van der Waals surface area contributed by atoms with Crippen LogP contribution in [0.3, 0.4) is 0 Å². The highest BCUT2D eigenvalue weighted by molar-refractivity contribution is 7.95. The molecule has 0 aromatic heterocycles. The second-order valence-corrected chi connectivity index (χ2v) is 10.4. The summed E-state index contributed by atoms with van der Waals surface area (Å²) in [5, 5.41) is 0.151. The minimum absolute atomic E-state index is 0.0335. The van der Waals surface area contributed by atoms with Gasteiger partial charge in [-0.25, -0.2) is 8.42 Å². The van der Waals surface area contributed by atoms with E-state index in [0.717, 1.165) is 0 Å². The molecule has 0 saturated heterocycles. The van der Waals surface area contributed by atoms with E-state index < -0.39 is 34.0 Å². The molecule has 2 atom stereocenters. The maximum absolute atomic E-state index is 13.1. The number of allylic oxidation sites excluding steroid dienone is 1. The topological polar surface area (TPSA) is 105 Å². The van der Waals surface area contributed by atoms with Crippen LogP contribution in [0.5, 0.6) is 5.75 Å². The highest BCUT2D eigenvalue weighted by Crippen LogP contribution is 2.37. The van der Waals surface area contributed by atoms with Crippen LogP contribution >= 0.6 is 34.8 Å². The summed E-state index contributed by atoms with van der Waals surface area (Å²) in [6, 6.07) is 2.57. The number of benzene rings is 1. The van der Waals surface area contributed by atoms with Gasteiger partial charge in [-0.15, -0.1) is 11.6 Å². The first-order valence-corrected chi connectivity index (χ1v) is 13.1. The van der Waals surface area contributed by atoms with Gasteiger partial charge in [0.05, 0.1) is 39.2 Å². The van der Waals surface area contributed by atoms with E-state index in [1.165, 1.54) is 38.1 Å². The summed E-state index contributed by atoms with van der Waals surface area (Å²) in [6.07, 6.45) is 4.11. The predicted octanol–water partition coefficient (Wildman–Crippen LogP) is 4.50. The number of sulfone groups is 1. The zero-order chi connectivity index (χ0) is 25.3. The second-order valence-electron chi connectivity index (χ2n) is 7.22. The number of hydrogen-bond acceptors (Lipinski definition) is 8. The average Bonchev–Trinajstić information content (AvgIpc) is 2.77. The highest BCUT2D eigenvalue weighted by Gasteiger charge is 2.25. The number of ether oxygens (including phenoxy) is 4. The molecule has 1 aromatic carbocycles. The summed E-state index contributed by atoms with van der Waals surface area (Å²) in [5.74, 6) is -0.447. The molecule has 1 unspecified atom stereocenters. The van der Waals surface area contributed by atoms with Gasteiger partial charge < -0.3 is 18.9 Å². The van der Waals surface area contributed by atoms with Crippen LogP contribution in [0, 0.1) is 0 Å². The Bertz CT molecular complexity index is 1030. The molecule has 0 spiro atoms. The van der Waals surface area contributed by atoms with E-state index in [4.69, 9.17) is 53.8 Å². The Hall–Kier alpha value is -1.78. The van der Waals surface area contributed by atoms with Crippen molar-refractivity contribution in [1.29, 1.82) is 0 Å². The fraction of sp³-hybridized carbons (Fsp3) is 0.455. The van der Waals surface area contributed by atoms with Crippen molar-refractivity contribution in [2.45, 2.75) is 43.8 Å². The monoisotopic (exact) mass is 554 g/mol. The molecule has 0 radical (unpaired) electrons. The number of rotatable bonds is 12. The molecular formula is C22H25Cl3O8S. The lowest BCUT2D eigenvalue weighted by molar-refractivity contribution is -0.160. The second kappa shape index (κ2) is 13.3.